The van der Waals surface area contributed by atoms with Gasteiger partial charge < -0.3 is 14.7 Å². The molecule has 0 bridgehead atoms. The molecule has 1 atom stereocenters. The number of aliphatic hydroxyl groups excluding tert-OH is 1. The Kier molecular flexibility index (Phi) is 6.83. The van der Waals surface area contributed by atoms with Crippen LogP contribution in [0.1, 0.15) is 58.6 Å². The number of ketones is 1. The number of benzene rings is 1. The third-order valence-electron chi connectivity index (χ3n) is 4.31. The average molecular weight is 359 g/mol. The van der Waals surface area contributed by atoms with Gasteiger partial charge in [0.15, 0.2) is 11.5 Å². The first kappa shape index (κ1) is 20.0. The molecule has 1 unspecified atom stereocenters. The number of carbonyl (C=O) groups is 2. The van der Waals surface area contributed by atoms with Gasteiger partial charge in [-0.3, -0.25) is 9.59 Å². The Hall–Kier alpha value is -2.30. The lowest BCUT2D eigenvalue weighted by molar-refractivity contribution is -0.129. The topological polar surface area (TPSA) is 66.8 Å². The predicted octanol–water partition coefficient (Wildman–Crippen LogP) is 4.20. The maximum Gasteiger partial charge on any atom is 0.290 e. The van der Waals surface area contributed by atoms with Crippen molar-refractivity contribution in [1.29, 1.82) is 0 Å². The fraction of sp³-hybridized carbons (Fsp3) is 0.524. The van der Waals surface area contributed by atoms with Crippen LogP contribution in [0.3, 0.4) is 0 Å². The van der Waals surface area contributed by atoms with Gasteiger partial charge in [0.2, 0.25) is 0 Å². The number of hydrogen-bond acceptors (Lipinski definition) is 4. The molecule has 2 rings (SSSR count). The van der Waals surface area contributed by atoms with E-state index in [1.54, 1.807) is 4.90 Å². The largest absolute Gasteiger partial charge is 0.503 e. The summed E-state index contributed by atoms with van der Waals surface area (Å²) in [5.74, 6) is -0.194. The fourth-order valence-corrected chi connectivity index (χ4v) is 3.23. The molecule has 0 aliphatic carbocycles. The molecule has 0 saturated carbocycles. The van der Waals surface area contributed by atoms with Crippen LogP contribution in [0, 0.1) is 5.92 Å². The molecule has 0 fully saturated rings. The van der Waals surface area contributed by atoms with Crippen molar-refractivity contribution in [3.63, 3.8) is 0 Å². The summed E-state index contributed by atoms with van der Waals surface area (Å²) in [5.41, 5.74) is 1.00. The highest BCUT2D eigenvalue weighted by Crippen LogP contribution is 2.39. The van der Waals surface area contributed by atoms with Crippen LogP contribution in [0.2, 0.25) is 0 Å². The van der Waals surface area contributed by atoms with Crippen molar-refractivity contribution in [1.82, 2.24) is 4.90 Å². The number of amides is 1. The molecule has 142 valence electrons. The molecule has 5 heteroatoms. The Balaban J connectivity index is 2.45. The van der Waals surface area contributed by atoms with E-state index < -0.39 is 17.7 Å². The van der Waals surface area contributed by atoms with Crippen molar-refractivity contribution in [2.45, 2.75) is 53.0 Å². The van der Waals surface area contributed by atoms with Gasteiger partial charge in [-0.2, -0.15) is 0 Å². The highest BCUT2D eigenvalue weighted by molar-refractivity contribution is 6.09. The second-order valence-corrected chi connectivity index (χ2v) is 7.11. The lowest BCUT2D eigenvalue weighted by atomic mass is 9.92. The van der Waals surface area contributed by atoms with Crippen molar-refractivity contribution in [3.05, 3.63) is 41.2 Å². The number of hydrogen-bond donors (Lipinski definition) is 1. The van der Waals surface area contributed by atoms with Gasteiger partial charge >= 0.3 is 0 Å². The number of aliphatic hydroxyl groups is 1. The van der Waals surface area contributed by atoms with E-state index in [2.05, 4.69) is 0 Å². The van der Waals surface area contributed by atoms with E-state index in [1.165, 1.54) is 0 Å². The number of Topliss-reactive ketones (excluding diaryl/α,β-unsaturated/α-hetero) is 1. The fourth-order valence-electron chi connectivity index (χ4n) is 3.23. The summed E-state index contributed by atoms with van der Waals surface area (Å²) in [6, 6.07) is 6.89. The lowest BCUT2D eigenvalue weighted by Crippen LogP contribution is -2.31. The molecule has 0 radical (unpaired) electrons. The van der Waals surface area contributed by atoms with Crippen LogP contribution < -0.4 is 4.74 Å². The first-order chi connectivity index (χ1) is 12.4. The zero-order valence-corrected chi connectivity index (χ0v) is 16.1. The minimum Gasteiger partial charge on any atom is -0.503 e. The van der Waals surface area contributed by atoms with Gasteiger partial charge in [0.1, 0.15) is 5.75 Å². The molecule has 1 aromatic rings. The Labute approximate surface area is 155 Å². The first-order valence-corrected chi connectivity index (χ1v) is 9.40. The van der Waals surface area contributed by atoms with Crippen LogP contribution in [0.4, 0.5) is 0 Å². The molecule has 1 amide bonds. The smallest absolute Gasteiger partial charge is 0.290 e. The third-order valence-corrected chi connectivity index (χ3v) is 4.31. The van der Waals surface area contributed by atoms with Crippen LogP contribution in [0.15, 0.2) is 35.6 Å². The van der Waals surface area contributed by atoms with Crippen LogP contribution in [-0.2, 0) is 9.59 Å². The normalized spacial score (nSPS) is 17.3. The van der Waals surface area contributed by atoms with E-state index in [1.807, 2.05) is 52.0 Å². The number of nitrogens with zero attached hydrogens (tertiary/aromatic N) is 1. The van der Waals surface area contributed by atoms with Crippen LogP contribution >= 0.6 is 0 Å². The number of rotatable bonds is 9. The molecule has 0 spiro atoms. The van der Waals surface area contributed by atoms with Crippen molar-refractivity contribution < 1.29 is 19.4 Å². The zero-order valence-electron chi connectivity index (χ0n) is 16.1. The summed E-state index contributed by atoms with van der Waals surface area (Å²) < 4.78 is 5.70. The van der Waals surface area contributed by atoms with Gasteiger partial charge in [-0.25, -0.2) is 0 Å². The lowest BCUT2D eigenvalue weighted by Gasteiger charge is -2.27. The third kappa shape index (κ3) is 4.26. The molecule has 1 aromatic carbocycles. The molecule has 0 saturated heterocycles. The Morgan fingerprint density at radius 3 is 2.62 bits per heavy atom. The summed E-state index contributed by atoms with van der Waals surface area (Å²) in [7, 11) is 0. The van der Waals surface area contributed by atoms with E-state index in [-0.39, 0.29) is 17.3 Å². The Morgan fingerprint density at radius 1 is 1.27 bits per heavy atom. The second-order valence-electron chi connectivity index (χ2n) is 7.11. The van der Waals surface area contributed by atoms with E-state index in [4.69, 9.17) is 4.74 Å². The minimum absolute atomic E-state index is 0.151. The summed E-state index contributed by atoms with van der Waals surface area (Å²) in [6.07, 6.45) is 1.94. The maximum atomic E-state index is 12.8. The molecule has 1 heterocycles. The SMILES string of the molecule is CCCOc1cccc(C2C(C(=O)CC(C)C)=C(O)C(=O)N2CCC)c1. The second kappa shape index (κ2) is 8.88. The zero-order chi connectivity index (χ0) is 19.3. The van der Waals surface area contributed by atoms with Gasteiger partial charge in [-0.15, -0.1) is 0 Å². The molecule has 5 nitrogen and oxygen atoms in total. The summed E-state index contributed by atoms with van der Waals surface area (Å²) in [6.45, 7) is 8.98. The molecule has 1 aliphatic heterocycles. The van der Waals surface area contributed by atoms with Crippen molar-refractivity contribution in [3.8, 4) is 5.75 Å². The summed E-state index contributed by atoms with van der Waals surface area (Å²) in [4.78, 5) is 26.9. The molecular weight excluding hydrogens is 330 g/mol. The number of ether oxygens (including phenoxy) is 1. The number of carbonyl (C=O) groups excluding carboxylic acids is 2. The van der Waals surface area contributed by atoms with Gasteiger partial charge in [-0.05, 0) is 36.5 Å². The molecule has 1 N–H and O–H groups in total. The van der Waals surface area contributed by atoms with Crippen LogP contribution in [0.5, 0.6) is 5.75 Å². The van der Waals surface area contributed by atoms with Crippen LogP contribution in [-0.4, -0.2) is 34.8 Å². The van der Waals surface area contributed by atoms with Crippen molar-refractivity contribution >= 4 is 11.7 Å². The Bertz CT molecular complexity index is 693. The van der Waals surface area contributed by atoms with Crippen molar-refractivity contribution in [2.75, 3.05) is 13.2 Å². The Morgan fingerprint density at radius 2 is 2.00 bits per heavy atom. The van der Waals surface area contributed by atoms with Gasteiger partial charge in [0, 0.05) is 13.0 Å². The monoisotopic (exact) mass is 359 g/mol. The standard InChI is InChI=1S/C21H29NO4/c1-5-10-22-19(15-8-7-9-16(13-15)26-11-6-2)18(20(24)21(22)25)17(23)12-14(3)4/h7-9,13-14,19,24H,5-6,10-12H2,1-4H3. The van der Waals surface area contributed by atoms with Crippen molar-refractivity contribution in [2.24, 2.45) is 5.92 Å². The molecule has 0 aromatic heterocycles. The van der Waals surface area contributed by atoms with E-state index >= 15 is 0 Å². The van der Waals surface area contributed by atoms with E-state index in [0.717, 1.165) is 18.4 Å². The average Bonchev–Trinajstić information content (AvgIpc) is 2.85. The highest BCUT2D eigenvalue weighted by Gasteiger charge is 2.42. The molecule has 1 aliphatic rings. The van der Waals surface area contributed by atoms with Crippen LogP contribution in [0.25, 0.3) is 0 Å². The summed E-state index contributed by atoms with van der Waals surface area (Å²) >= 11 is 0. The van der Waals surface area contributed by atoms with Gasteiger partial charge in [0.05, 0.1) is 18.2 Å². The minimum atomic E-state index is -0.557. The molecule has 26 heavy (non-hydrogen) atoms. The van der Waals surface area contributed by atoms with Gasteiger partial charge in [-0.1, -0.05) is 39.8 Å². The summed E-state index contributed by atoms with van der Waals surface area (Å²) in [5, 5.41) is 10.4. The highest BCUT2D eigenvalue weighted by atomic mass is 16.5. The predicted molar refractivity (Wildman–Crippen MR) is 101 cm³/mol. The molecular formula is C21H29NO4. The quantitative estimate of drug-likeness (QED) is 0.718. The van der Waals surface area contributed by atoms with E-state index in [0.29, 0.717) is 25.3 Å². The van der Waals surface area contributed by atoms with Gasteiger partial charge in [0.25, 0.3) is 5.91 Å². The van der Waals surface area contributed by atoms with E-state index in [9.17, 15) is 14.7 Å². The first-order valence-electron chi connectivity index (χ1n) is 9.40. The maximum absolute atomic E-state index is 12.8.